The summed E-state index contributed by atoms with van der Waals surface area (Å²) in [5.74, 6) is -1.39. The Morgan fingerprint density at radius 3 is 2.71 bits per heavy atom. The van der Waals surface area contributed by atoms with Crippen LogP contribution in [0.15, 0.2) is 18.2 Å². The Labute approximate surface area is 97.0 Å². The van der Waals surface area contributed by atoms with Gasteiger partial charge in [-0.2, -0.15) is 0 Å². The highest BCUT2D eigenvalue weighted by Gasteiger charge is 2.16. The number of aliphatic hydroxyl groups is 1. The fourth-order valence-corrected chi connectivity index (χ4v) is 1.29. The number of hydrogen-bond acceptors (Lipinski definition) is 7. The monoisotopic (exact) mass is 242 g/mol. The molecule has 0 aromatic heterocycles. The molecule has 0 saturated carbocycles. The molecule has 7 heteroatoms. The van der Waals surface area contributed by atoms with E-state index in [4.69, 9.17) is 10.4 Å². The lowest BCUT2D eigenvalue weighted by atomic mass is 10.1. The topological polar surface area (TPSA) is 113 Å². The molecule has 1 unspecified atom stereocenters. The molecule has 1 rings (SSSR count). The van der Waals surface area contributed by atoms with E-state index in [1.54, 1.807) is 0 Å². The van der Waals surface area contributed by atoms with Crippen molar-refractivity contribution in [2.45, 2.75) is 12.5 Å². The van der Waals surface area contributed by atoms with Crippen LogP contribution in [0, 0.1) is 0 Å². The van der Waals surface area contributed by atoms with Gasteiger partial charge in [-0.05, 0) is 11.6 Å². The number of carbonyl (C=O) groups is 1. The fourth-order valence-electron chi connectivity index (χ4n) is 1.29. The molecule has 0 saturated heterocycles. The van der Waals surface area contributed by atoms with Gasteiger partial charge in [0, 0.05) is 6.42 Å². The van der Waals surface area contributed by atoms with E-state index in [1.165, 1.54) is 6.07 Å². The number of nitrogens with zero attached hydrogens (tertiary/aromatic N) is 1. The first-order chi connectivity index (χ1) is 7.95. The third kappa shape index (κ3) is 3.31. The maximum atomic E-state index is 11.2. The van der Waals surface area contributed by atoms with Crippen molar-refractivity contribution >= 4 is 11.7 Å². The van der Waals surface area contributed by atoms with E-state index in [0.29, 0.717) is 5.56 Å². The molecule has 3 N–H and O–H groups in total. The third-order valence-corrected chi connectivity index (χ3v) is 2.14. The normalized spacial score (nSPS) is 12.0. The molecule has 0 aliphatic rings. The molecule has 0 amide bonds. The van der Waals surface area contributed by atoms with E-state index >= 15 is 0 Å². The summed E-state index contributed by atoms with van der Waals surface area (Å²) >= 11 is 0. The maximum Gasteiger partial charge on any atom is 0.335 e. The van der Waals surface area contributed by atoms with Crippen LogP contribution >= 0.6 is 0 Å². The van der Waals surface area contributed by atoms with Gasteiger partial charge in [0.1, 0.15) is 0 Å². The van der Waals surface area contributed by atoms with Crippen molar-refractivity contribution < 1.29 is 30.2 Å². The van der Waals surface area contributed by atoms with Crippen LogP contribution < -0.4 is 10.3 Å². The summed E-state index contributed by atoms with van der Waals surface area (Å²) in [6.07, 6.45) is -1.45. The Hall–Kier alpha value is -1.83. The average molecular weight is 242 g/mol. The average Bonchev–Trinajstić information content (AvgIpc) is 2.30. The van der Waals surface area contributed by atoms with Gasteiger partial charge in [-0.25, -0.2) is 4.79 Å². The van der Waals surface area contributed by atoms with Crippen molar-refractivity contribution in [3.63, 3.8) is 0 Å². The second kappa shape index (κ2) is 5.48. The quantitative estimate of drug-likeness (QED) is 0.478. The summed E-state index contributed by atoms with van der Waals surface area (Å²) in [5, 5.41) is 37.7. The van der Waals surface area contributed by atoms with Crippen molar-refractivity contribution in [3.8, 4) is 5.75 Å². The van der Waals surface area contributed by atoms with Crippen molar-refractivity contribution in [2.24, 2.45) is 0 Å². The van der Waals surface area contributed by atoms with Gasteiger partial charge in [0.2, 0.25) is 0 Å². The molecular weight excluding hydrogens is 230 g/mol. The van der Waals surface area contributed by atoms with Gasteiger partial charge in [0.05, 0.1) is 12.8 Å². The molecule has 1 aromatic rings. The zero-order valence-electron chi connectivity index (χ0n) is 9.03. The summed E-state index contributed by atoms with van der Waals surface area (Å²) in [7, 11) is 1.14. The summed E-state index contributed by atoms with van der Waals surface area (Å²) in [6.45, 7) is 0. The molecule has 1 aromatic carbocycles. The molecule has 0 fully saturated rings. The highest BCUT2D eigenvalue weighted by molar-refractivity contribution is 5.74. The lowest BCUT2D eigenvalue weighted by Gasteiger charge is -2.18. The molecule has 7 nitrogen and oxygen atoms in total. The van der Waals surface area contributed by atoms with Crippen molar-refractivity contribution in [2.75, 3.05) is 12.3 Å². The number of anilines is 1. The zero-order chi connectivity index (χ0) is 13.0. The van der Waals surface area contributed by atoms with Crippen LogP contribution in [0.2, 0.25) is 0 Å². The number of carbonyl (C=O) groups excluding carboxylic acids is 1. The highest BCUT2D eigenvalue weighted by atomic mass is 16.8. The largest absolute Gasteiger partial charge is 0.871 e. The van der Waals surface area contributed by atoms with Gasteiger partial charge in [0.25, 0.3) is 0 Å². The summed E-state index contributed by atoms with van der Waals surface area (Å²) in [5.41, 5.74) is 0.0326. The fraction of sp³-hybridized carbons (Fsp3) is 0.300. The third-order valence-electron chi connectivity index (χ3n) is 2.14. The van der Waals surface area contributed by atoms with E-state index in [1.807, 2.05) is 0 Å². The number of ether oxygens (including phenoxy) is 1. The number of hydrogen-bond donors (Lipinski definition) is 3. The second-order valence-corrected chi connectivity index (χ2v) is 3.33. The van der Waals surface area contributed by atoms with E-state index in [9.17, 15) is 15.0 Å². The van der Waals surface area contributed by atoms with Gasteiger partial charge in [-0.15, -0.1) is 5.23 Å². The predicted molar refractivity (Wildman–Crippen MR) is 53.7 cm³/mol. The Kier molecular flexibility index (Phi) is 4.27. The van der Waals surface area contributed by atoms with E-state index in [-0.39, 0.29) is 17.3 Å². The van der Waals surface area contributed by atoms with Gasteiger partial charge < -0.3 is 14.9 Å². The van der Waals surface area contributed by atoms with Crippen molar-refractivity contribution in [1.29, 1.82) is 0 Å². The second-order valence-electron chi connectivity index (χ2n) is 3.33. The summed E-state index contributed by atoms with van der Waals surface area (Å²) < 4.78 is 4.33. The summed E-state index contributed by atoms with van der Waals surface area (Å²) in [4.78, 5) is 11.0. The number of rotatable bonds is 4. The maximum absolute atomic E-state index is 11.2. The molecule has 0 bridgehead atoms. The number of esters is 1. The van der Waals surface area contributed by atoms with E-state index in [0.717, 1.165) is 19.2 Å². The Balaban J connectivity index is 2.86. The SMILES string of the molecule is COC(=O)C(O)Cc1ccc([O-])c(N(O)O)c1. The predicted octanol–water partition coefficient (Wildman–Crippen LogP) is -0.579. The van der Waals surface area contributed by atoms with Crippen LogP contribution in [0.1, 0.15) is 5.56 Å². The molecule has 0 aliphatic heterocycles. The van der Waals surface area contributed by atoms with Crippen molar-refractivity contribution in [1.82, 2.24) is 0 Å². The van der Waals surface area contributed by atoms with Gasteiger partial charge in [0.15, 0.2) is 6.10 Å². The van der Waals surface area contributed by atoms with Gasteiger partial charge >= 0.3 is 5.97 Å². The Morgan fingerprint density at radius 2 is 2.18 bits per heavy atom. The highest BCUT2D eigenvalue weighted by Crippen LogP contribution is 2.24. The van der Waals surface area contributed by atoms with Crippen LogP contribution in [0.25, 0.3) is 0 Å². The van der Waals surface area contributed by atoms with Crippen LogP contribution in [0.4, 0.5) is 5.69 Å². The van der Waals surface area contributed by atoms with Crippen LogP contribution in [-0.4, -0.2) is 34.7 Å². The molecule has 17 heavy (non-hydrogen) atoms. The molecule has 0 radical (unpaired) electrons. The van der Waals surface area contributed by atoms with Crippen molar-refractivity contribution in [3.05, 3.63) is 23.8 Å². The van der Waals surface area contributed by atoms with E-state index in [2.05, 4.69) is 4.74 Å². The molecule has 0 spiro atoms. The Bertz CT molecular complexity index is 406. The van der Waals surface area contributed by atoms with Crippen LogP contribution in [-0.2, 0) is 16.0 Å². The molecular formula is C10H12NO6-. The Morgan fingerprint density at radius 1 is 1.53 bits per heavy atom. The standard InChI is InChI=1S/C10H13NO6/c1-17-10(14)9(13)5-6-2-3-8(12)7(4-6)11(15)16/h2-4,9,12-13,15-16H,5H2,1H3/p-1. The first kappa shape index (κ1) is 13.2. The van der Waals surface area contributed by atoms with Gasteiger partial charge in [-0.3, -0.25) is 10.4 Å². The van der Waals surface area contributed by atoms with Crippen LogP contribution in [0.3, 0.4) is 0 Å². The summed E-state index contributed by atoms with van der Waals surface area (Å²) in [6, 6.07) is 3.64. The molecule has 1 atom stereocenters. The number of benzene rings is 1. The van der Waals surface area contributed by atoms with Crippen LogP contribution in [0.5, 0.6) is 5.75 Å². The smallest absolute Gasteiger partial charge is 0.335 e. The van der Waals surface area contributed by atoms with Gasteiger partial charge in [-0.1, -0.05) is 17.9 Å². The lowest BCUT2D eigenvalue weighted by Crippen LogP contribution is -2.24. The molecule has 0 aliphatic carbocycles. The first-order valence-corrected chi connectivity index (χ1v) is 4.69. The molecule has 94 valence electrons. The minimum absolute atomic E-state index is 0.0895. The first-order valence-electron chi connectivity index (χ1n) is 4.69. The lowest BCUT2D eigenvalue weighted by molar-refractivity contribution is -0.268. The minimum Gasteiger partial charge on any atom is -0.871 e. The van der Waals surface area contributed by atoms with E-state index < -0.39 is 17.8 Å². The number of aliphatic hydroxyl groups excluding tert-OH is 1. The zero-order valence-corrected chi connectivity index (χ0v) is 9.03. The molecule has 0 heterocycles. The minimum atomic E-state index is -1.36. The number of methoxy groups -OCH3 is 1.